The maximum absolute atomic E-state index is 14.1. The van der Waals surface area contributed by atoms with Gasteiger partial charge in [0.1, 0.15) is 18.4 Å². The van der Waals surface area contributed by atoms with Gasteiger partial charge in [-0.1, -0.05) is 43.5 Å². The summed E-state index contributed by atoms with van der Waals surface area (Å²) >= 11 is 0. The lowest BCUT2D eigenvalue weighted by molar-refractivity contribution is -0.150. The lowest BCUT2D eigenvalue weighted by Crippen LogP contribution is -2.54. The van der Waals surface area contributed by atoms with Crippen molar-refractivity contribution in [3.05, 3.63) is 54.1 Å². The summed E-state index contributed by atoms with van der Waals surface area (Å²) in [6.45, 7) is 1.02. The van der Waals surface area contributed by atoms with Gasteiger partial charge in [-0.05, 0) is 55.5 Å². The second-order valence-corrected chi connectivity index (χ2v) is 10.0. The predicted molar refractivity (Wildman–Crippen MR) is 138 cm³/mol. The van der Waals surface area contributed by atoms with Crippen LogP contribution in [0.2, 0.25) is 0 Å². The number of para-hydroxylation sites is 2. The van der Waals surface area contributed by atoms with E-state index in [0.717, 1.165) is 38.5 Å². The Bertz CT molecular complexity index is 1080. The van der Waals surface area contributed by atoms with E-state index >= 15 is 0 Å². The van der Waals surface area contributed by atoms with Crippen LogP contribution in [0.15, 0.2) is 48.5 Å². The molecule has 2 aliphatic heterocycles. The number of benzene rings is 2. The summed E-state index contributed by atoms with van der Waals surface area (Å²) < 4.78 is 23.3. The van der Waals surface area contributed by atoms with Crippen molar-refractivity contribution in [2.24, 2.45) is 0 Å². The maximum Gasteiger partial charge on any atom is 0.268 e. The molecule has 2 heterocycles. The third kappa shape index (κ3) is 6.01. The van der Waals surface area contributed by atoms with Gasteiger partial charge >= 0.3 is 0 Å². The number of ether oxygens (including phenoxy) is 4. The van der Waals surface area contributed by atoms with Crippen LogP contribution < -0.4 is 19.5 Å². The molecule has 0 aromatic heterocycles. The molecule has 8 nitrogen and oxygen atoms in total. The average molecular weight is 509 g/mol. The second kappa shape index (κ2) is 11.9. The molecule has 2 aromatic rings. The smallest absolute Gasteiger partial charge is 0.268 e. The lowest BCUT2D eigenvalue weighted by Gasteiger charge is -2.37. The zero-order chi connectivity index (χ0) is 25.6. The number of amides is 2. The Balaban J connectivity index is 1.47. The summed E-state index contributed by atoms with van der Waals surface area (Å²) in [5.74, 6) is 1.27. The molecule has 0 unspecified atom stereocenters. The fourth-order valence-corrected chi connectivity index (χ4v) is 5.47. The Kier molecular flexibility index (Phi) is 8.14. The Morgan fingerprint density at radius 3 is 2.59 bits per heavy atom. The van der Waals surface area contributed by atoms with Crippen LogP contribution in [-0.4, -0.2) is 61.8 Å². The van der Waals surface area contributed by atoms with Crippen molar-refractivity contribution in [3.8, 4) is 17.2 Å². The van der Waals surface area contributed by atoms with Gasteiger partial charge in [0, 0.05) is 19.2 Å². The quantitative estimate of drug-likeness (QED) is 0.580. The van der Waals surface area contributed by atoms with Crippen molar-refractivity contribution in [2.75, 3.05) is 26.9 Å². The Hall–Kier alpha value is -3.26. The molecular weight excluding hydrogens is 472 g/mol. The third-order valence-electron chi connectivity index (χ3n) is 7.41. The van der Waals surface area contributed by atoms with Crippen molar-refractivity contribution < 1.29 is 28.5 Å². The van der Waals surface area contributed by atoms with Crippen LogP contribution in [0.25, 0.3) is 0 Å². The van der Waals surface area contributed by atoms with Crippen LogP contribution in [0.1, 0.15) is 56.6 Å². The van der Waals surface area contributed by atoms with E-state index in [1.807, 2.05) is 42.5 Å². The Labute approximate surface area is 218 Å². The molecule has 0 radical (unpaired) electrons. The van der Waals surface area contributed by atoms with Gasteiger partial charge in [0.15, 0.2) is 11.5 Å². The number of carbonyl (C=O) groups excluding carboxylic acids is 2. The van der Waals surface area contributed by atoms with E-state index in [1.165, 1.54) is 6.42 Å². The number of hydrogen-bond donors (Lipinski definition) is 1. The highest BCUT2D eigenvalue weighted by Gasteiger charge is 2.40. The van der Waals surface area contributed by atoms with Crippen LogP contribution >= 0.6 is 0 Å². The van der Waals surface area contributed by atoms with E-state index in [4.69, 9.17) is 18.9 Å². The topological polar surface area (TPSA) is 86.3 Å². The zero-order valence-electron chi connectivity index (χ0n) is 21.4. The molecular formula is C29H36N2O6. The molecule has 5 rings (SSSR count). The minimum atomic E-state index is -0.869. The summed E-state index contributed by atoms with van der Waals surface area (Å²) in [7, 11) is 1.59. The summed E-state index contributed by atoms with van der Waals surface area (Å²) in [5, 5.41) is 3.25. The van der Waals surface area contributed by atoms with Gasteiger partial charge in [-0.15, -0.1) is 0 Å². The summed E-state index contributed by atoms with van der Waals surface area (Å²) in [6, 6.07) is 13.9. The number of nitrogens with zero attached hydrogens (tertiary/aromatic N) is 1. The van der Waals surface area contributed by atoms with Crippen LogP contribution in [0, 0.1) is 0 Å². The molecule has 2 amide bonds. The SMILES string of the molecule is COc1cccc([C@@H](C(=O)NC2CCCCC2)N(C[C@@H]2CCCO2)C(=O)[C@@H]2COc3ccccc3O2)c1. The monoisotopic (exact) mass is 508 g/mol. The van der Waals surface area contributed by atoms with Crippen molar-refractivity contribution in [2.45, 2.75) is 69.2 Å². The van der Waals surface area contributed by atoms with Gasteiger partial charge in [-0.3, -0.25) is 9.59 Å². The van der Waals surface area contributed by atoms with Crippen molar-refractivity contribution in [1.29, 1.82) is 0 Å². The first kappa shape index (κ1) is 25.4. The molecule has 1 saturated heterocycles. The van der Waals surface area contributed by atoms with Gasteiger partial charge in [0.25, 0.3) is 5.91 Å². The average Bonchev–Trinajstić information content (AvgIpc) is 3.46. The largest absolute Gasteiger partial charge is 0.497 e. The normalized spacial score (nSPS) is 22.2. The molecule has 1 aliphatic carbocycles. The molecule has 1 N–H and O–H groups in total. The highest BCUT2D eigenvalue weighted by atomic mass is 16.6. The number of methoxy groups -OCH3 is 1. The van der Waals surface area contributed by atoms with Gasteiger partial charge in [-0.2, -0.15) is 0 Å². The fourth-order valence-electron chi connectivity index (χ4n) is 5.47. The van der Waals surface area contributed by atoms with Crippen molar-refractivity contribution >= 4 is 11.8 Å². The van der Waals surface area contributed by atoms with E-state index in [-0.39, 0.29) is 30.6 Å². The number of fused-ring (bicyclic) bond motifs is 1. The van der Waals surface area contributed by atoms with E-state index < -0.39 is 12.1 Å². The van der Waals surface area contributed by atoms with Crippen molar-refractivity contribution in [1.82, 2.24) is 10.2 Å². The fraction of sp³-hybridized carbons (Fsp3) is 0.517. The molecule has 198 valence electrons. The summed E-state index contributed by atoms with van der Waals surface area (Å²) in [5.41, 5.74) is 0.691. The number of hydrogen-bond acceptors (Lipinski definition) is 6. The molecule has 0 bridgehead atoms. The first-order valence-corrected chi connectivity index (χ1v) is 13.4. The van der Waals surface area contributed by atoms with Crippen LogP contribution in [0.5, 0.6) is 17.2 Å². The van der Waals surface area contributed by atoms with Gasteiger partial charge < -0.3 is 29.2 Å². The third-order valence-corrected chi connectivity index (χ3v) is 7.41. The van der Waals surface area contributed by atoms with E-state index in [0.29, 0.717) is 36.0 Å². The first-order valence-electron chi connectivity index (χ1n) is 13.4. The lowest BCUT2D eigenvalue weighted by atomic mass is 9.94. The van der Waals surface area contributed by atoms with Crippen LogP contribution in [0.3, 0.4) is 0 Å². The van der Waals surface area contributed by atoms with Gasteiger partial charge in [0.2, 0.25) is 12.0 Å². The number of rotatable bonds is 8. The minimum Gasteiger partial charge on any atom is -0.497 e. The standard InChI is InChI=1S/C29H36N2O6/c1-34-22-12-7-9-20(17-22)27(28(32)30-21-10-3-2-4-11-21)31(18-23-13-8-16-35-23)29(33)26-19-36-24-14-5-6-15-25(24)37-26/h5-7,9,12,14-15,17,21,23,26-27H,2-4,8,10-11,13,16,18-19H2,1H3,(H,30,32)/t23-,26-,27-/m0/s1. The number of carbonyl (C=O) groups is 2. The highest BCUT2D eigenvalue weighted by molar-refractivity contribution is 5.91. The van der Waals surface area contributed by atoms with Gasteiger partial charge in [0.05, 0.1) is 13.2 Å². The van der Waals surface area contributed by atoms with E-state index in [2.05, 4.69) is 5.32 Å². The molecule has 2 fully saturated rings. The Morgan fingerprint density at radius 2 is 1.84 bits per heavy atom. The maximum atomic E-state index is 14.1. The zero-order valence-corrected chi connectivity index (χ0v) is 21.4. The highest BCUT2D eigenvalue weighted by Crippen LogP contribution is 2.34. The number of nitrogens with one attached hydrogen (secondary N) is 1. The minimum absolute atomic E-state index is 0.0763. The van der Waals surface area contributed by atoms with Crippen LogP contribution in [0.4, 0.5) is 0 Å². The molecule has 8 heteroatoms. The molecule has 3 aliphatic rings. The Morgan fingerprint density at radius 1 is 1.03 bits per heavy atom. The molecule has 2 aromatic carbocycles. The summed E-state index contributed by atoms with van der Waals surface area (Å²) in [4.78, 5) is 29.7. The van der Waals surface area contributed by atoms with E-state index in [1.54, 1.807) is 18.1 Å². The molecule has 1 saturated carbocycles. The molecule has 0 spiro atoms. The van der Waals surface area contributed by atoms with Gasteiger partial charge in [-0.25, -0.2) is 0 Å². The van der Waals surface area contributed by atoms with Crippen molar-refractivity contribution in [3.63, 3.8) is 0 Å². The molecule has 3 atom stereocenters. The summed E-state index contributed by atoms with van der Waals surface area (Å²) in [6.07, 6.45) is 6.04. The second-order valence-electron chi connectivity index (χ2n) is 10.0. The van der Waals surface area contributed by atoms with Crippen LogP contribution in [-0.2, 0) is 14.3 Å². The first-order chi connectivity index (χ1) is 18.1. The molecule has 37 heavy (non-hydrogen) atoms. The predicted octanol–water partition coefficient (Wildman–Crippen LogP) is 4.03. The van der Waals surface area contributed by atoms with E-state index in [9.17, 15) is 9.59 Å².